The van der Waals surface area contributed by atoms with Crippen molar-refractivity contribution in [3.8, 4) is 11.5 Å². The van der Waals surface area contributed by atoms with Crippen molar-refractivity contribution in [1.82, 2.24) is 0 Å². The molecule has 0 radical (unpaired) electrons. The normalized spacial score (nSPS) is 17.3. The van der Waals surface area contributed by atoms with E-state index in [2.05, 4.69) is 12.1 Å². The Labute approximate surface area is 121 Å². The molecule has 4 heteroatoms. The van der Waals surface area contributed by atoms with Crippen LogP contribution in [0.5, 0.6) is 11.5 Å². The van der Waals surface area contributed by atoms with Gasteiger partial charge >= 0.3 is 0 Å². The standard InChI is InChI=1S/C15H12Cl2O2/c16-12-7-10(18)8-13(17)15(12)19-14-6-5-9-3-1-2-4-11(9)14/h1-4,7-8,14,18H,5-6H2. The fourth-order valence-corrected chi connectivity index (χ4v) is 3.01. The first kappa shape index (κ1) is 12.6. The van der Waals surface area contributed by atoms with Gasteiger partial charge in [-0.15, -0.1) is 0 Å². The van der Waals surface area contributed by atoms with Crippen molar-refractivity contribution in [1.29, 1.82) is 0 Å². The lowest BCUT2D eigenvalue weighted by Gasteiger charge is -2.17. The molecule has 0 fully saturated rings. The Hall–Kier alpha value is -1.38. The van der Waals surface area contributed by atoms with Crippen LogP contribution in [0.25, 0.3) is 0 Å². The molecule has 1 unspecified atom stereocenters. The summed E-state index contributed by atoms with van der Waals surface area (Å²) in [5, 5.41) is 10.1. The predicted molar refractivity (Wildman–Crippen MR) is 76.3 cm³/mol. The van der Waals surface area contributed by atoms with Gasteiger partial charge in [-0.05, 0) is 24.0 Å². The predicted octanol–water partition coefficient (Wildman–Crippen LogP) is 4.77. The average molecular weight is 295 g/mol. The van der Waals surface area contributed by atoms with Crippen molar-refractivity contribution in [2.45, 2.75) is 18.9 Å². The molecule has 0 amide bonds. The maximum atomic E-state index is 9.41. The second kappa shape index (κ2) is 4.95. The van der Waals surface area contributed by atoms with Crippen LogP contribution >= 0.6 is 23.2 Å². The van der Waals surface area contributed by atoms with E-state index in [4.69, 9.17) is 27.9 Å². The smallest absolute Gasteiger partial charge is 0.157 e. The van der Waals surface area contributed by atoms with Crippen LogP contribution < -0.4 is 4.74 Å². The van der Waals surface area contributed by atoms with Gasteiger partial charge in [0, 0.05) is 12.1 Å². The number of phenolic OH excluding ortho intramolecular Hbond substituents is 1. The Morgan fingerprint density at radius 1 is 1.11 bits per heavy atom. The van der Waals surface area contributed by atoms with Crippen molar-refractivity contribution in [2.75, 3.05) is 0 Å². The molecule has 3 rings (SSSR count). The number of ether oxygens (including phenoxy) is 1. The van der Waals surface area contributed by atoms with E-state index in [1.165, 1.54) is 23.3 Å². The Kier molecular flexibility index (Phi) is 3.29. The summed E-state index contributed by atoms with van der Waals surface area (Å²) >= 11 is 12.1. The summed E-state index contributed by atoms with van der Waals surface area (Å²) in [4.78, 5) is 0. The van der Waals surface area contributed by atoms with E-state index < -0.39 is 0 Å². The van der Waals surface area contributed by atoms with Crippen LogP contribution in [0.4, 0.5) is 0 Å². The first-order valence-electron chi connectivity index (χ1n) is 6.07. The second-order valence-corrected chi connectivity index (χ2v) is 5.40. The lowest BCUT2D eigenvalue weighted by atomic mass is 10.1. The molecule has 2 aromatic rings. The van der Waals surface area contributed by atoms with Gasteiger partial charge in [0.05, 0.1) is 10.0 Å². The highest BCUT2D eigenvalue weighted by atomic mass is 35.5. The topological polar surface area (TPSA) is 29.5 Å². The maximum Gasteiger partial charge on any atom is 0.157 e. The summed E-state index contributed by atoms with van der Waals surface area (Å²) in [6.45, 7) is 0. The van der Waals surface area contributed by atoms with Crippen molar-refractivity contribution in [3.05, 3.63) is 57.6 Å². The molecule has 0 spiro atoms. The molecule has 0 aromatic heterocycles. The Bertz CT molecular complexity index is 602. The Morgan fingerprint density at radius 2 is 1.79 bits per heavy atom. The molecule has 0 saturated heterocycles. The minimum Gasteiger partial charge on any atom is -0.508 e. The molecular formula is C15H12Cl2O2. The van der Waals surface area contributed by atoms with Crippen LogP contribution in [0.1, 0.15) is 23.7 Å². The van der Waals surface area contributed by atoms with Crippen LogP contribution in [-0.2, 0) is 6.42 Å². The highest BCUT2D eigenvalue weighted by Crippen LogP contribution is 2.42. The van der Waals surface area contributed by atoms with Crippen LogP contribution in [0, 0.1) is 0 Å². The van der Waals surface area contributed by atoms with Crippen molar-refractivity contribution in [3.63, 3.8) is 0 Å². The molecule has 1 N–H and O–H groups in total. The lowest BCUT2D eigenvalue weighted by molar-refractivity contribution is 0.208. The summed E-state index contributed by atoms with van der Waals surface area (Å²) in [6, 6.07) is 11.1. The number of aryl methyl sites for hydroxylation is 1. The molecule has 2 aromatic carbocycles. The highest BCUT2D eigenvalue weighted by Gasteiger charge is 2.25. The van der Waals surface area contributed by atoms with Gasteiger partial charge in [0.1, 0.15) is 11.9 Å². The molecule has 0 heterocycles. The average Bonchev–Trinajstić information content (AvgIpc) is 2.77. The third kappa shape index (κ3) is 2.38. The van der Waals surface area contributed by atoms with E-state index in [1.54, 1.807) is 0 Å². The summed E-state index contributed by atoms with van der Waals surface area (Å²) < 4.78 is 5.94. The molecule has 1 aliphatic rings. The fourth-order valence-electron chi connectivity index (χ4n) is 2.44. The van der Waals surface area contributed by atoms with Gasteiger partial charge in [0.15, 0.2) is 5.75 Å². The van der Waals surface area contributed by atoms with Gasteiger partial charge in [-0.2, -0.15) is 0 Å². The highest BCUT2D eigenvalue weighted by molar-refractivity contribution is 6.37. The van der Waals surface area contributed by atoms with Gasteiger partial charge in [0.25, 0.3) is 0 Å². The zero-order chi connectivity index (χ0) is 13.4. The molecule has 1 aliphatic carbocycles. The number of aromatic hydroxyl groups is 1. The van der Waals surface area contributed by atoms with Crippen LogP contribution in [0.2, 0.25) is 10.0 Å². The molecule has 2 nitrogen and oxygen atoms in total. The summed E-state index contributed by atoms with van der Waals surface area (Å²) in [5.41, 5.74) is 2.49. The van der Waals surface area contributed by atoms with Crippen molar-refractivity contribution < 1.29 is 9.84 Å². The third-order valence-electron chi connectivity index (χ3n) is 3.32. The zero-order valence-corrected chi connectivity index (χ0v) is 11.6. The van der Waals surface area contributed by atoms with Gasteiger partial charge < -0.3 is 9.84 Å². The molecule has 19 heavy (non-hydrogen) atoms. The van der Waals surface area contributed by atoms with Crippen LogP contribution in [0.3, 0.4) is 0 Å². The first-order valence-corrected chi connectivity index (χ1v) is 6.83. The van der Waals surface area contributed by atoms with E-state index >= 15 is 0 Å². The number of rotatable bonds is 2. The molecule has 98 valence electrons. The minimum absolute atomic E-state index is 0.0317. The Morgan fingerprint density at radius 3 is 2.53 bits per heavy atom. The monoisotopic (exact) mass is 294 g/mol. The van der Waals surface area contributed by atoms with Crippen LogP contribution in [0.15, 0.2) is 36.4 Å². The number of halogens is 2. The van der Waals surface area contributed by atoms with Gasteiger partial charge in [0.2, 0.25) is 0 Å². The van der Waals surface area contributed by atoms with E-state index in [-0.39, 0.29) is 11.9 Å². The van der Waals surface area contributed by atoms with Crippen molar-refractivity contribution in [2.24, 2.45) is 0 Å². The van der Waals surface area contributed by atoms with Gasteiger partial charge in [-0.3, -0.25) is 0 Å². The van der Waals surface area contributed by atoms with E-state index in [1.807, 2.05) is 12.1 Å². The number of hydrogen-bond acceptors (Lipinski definition) is 2. The molecule has 0 bridgehead atoms. The summed E-state index contributed by atoms with van der Waals surface area (Å²) in [7, 11) is 0. The number of hydrogen-bond donors (Lipinski definition) is 1. The second-order valence-electron chi connectivity index (χ2n) is 4.58. The summed E-state index contributed by atoms with van der Waals surface area (Å²) in [5.74, 6) is 0.469. The third-order valence-corrected chi connectivity index (χ3v) is 3.88. The van der Waals surface area contributed by atoms with Gasteiger partial charge in [-0.1, -0.05) is 47.5 Å². The number of fused-ring (bicyclic) bond motifs is 1. The van der Waals surface area contributed by atoms with E-state index in [0.29, 0.717) is 15.8 Å². The van der Waals surface area contributed by atoms with E-state index in [9.17, 15) is 5.11 Å². The zero-order valence-electron chi connectivity index (χ0n) is 10.1. The minimum atomic E-state index is -0.0317. The SMILES string of the molecule is Oc1cc(Cl)c(OC2CCc3ccccc32)c(Cl)c1. The summed E-state index contributed by atoms with van der Waals surface area (Å²) in [6.07, 6.45) is 1.87. The molecular weight excluding hydrogens is 283 g/mol. The van der Waals surface area contributed by atoms with Crippen molar-refractivity contribution >= 4 is 23.2 Å². The maximum absolute atomic E-state index is 9.41. The molecule has 0 saturated carbocycles. The molecule has 1 atom stereocenters. The number of phenols is 1. The first-order chi connectivity index (χ1) is 9.15. The molecule has 0 aliphatic heterocycles. The fraction of sp³-hybridized carbons (Fsp3) is 0.200. The Balaban J connectivity index is 1.92. The lowest BCUT2D eigenvalue weighted by Crippen LogP contribution is -2.04. The van der Waals surface area contributed by atoms with Crippen LogP contribution in [-0.4, -0.2) is 5.11 Å². The van der Waals surface area contributed by atoms with E-state index in [0.717, 1.165) is 12.8 Å². The quantitative estimate of drug-likeness (QED) is 0.865. The number of benzene rings is 2. The van der Waals surface area contributed by atoms with Gasteiger partial charge in [-0.25, -0.2) is 0 Å². The largest absolute Gasteiger partial charge is 0.508 e.